The highest BCUT2D eigenvalue weighted by Crippen LogP contribution is 2.18. The monoisotopic (exact) mass is 470 g/mol. The normalized spacial score (nSPS) is 13.1. The first-order valence-corrected chi connectivity index (χ1v) is 13.1. The molecular formula is C36H38. The molecule has 0 radical (unpaired) electrons. The van der Waals surface area contributed by atoms with Crippen LogP contribution in [0.5, 0.6) is 0 Å². The Morgan fingerprint density at radius 1 is 0.500 bits per heavy atom. The Morgan fingerprint density at radius 2 is 0.917 bits per heavy atom. The lowest BCUT2D eigenvalue weighted by molar-refractivity contribution is 0.931. The summed E-state index contributed by atoms with van der Waals surface area (Å²) in [5.74, 6) is 0. The van der Waals surface area contributed by atoms with Crippen molar-refractivity contribution < 1.29 is 0 Å². The number of allylic oxidation sites excluding steroid dienone is 8. The standard InChI is InChI=1S/C36H38/c1-3-16-33(24-13-11-22-31-18-7-5-8-19-31)28-35-26-15-27-36(30-35)29-34(17-4-2)25-14-12-23-32-20-9-6-10-21-32/h5-15,18-30H,3-4,16-17H2,1-2H3/b22-11+,23-12+,24-13+,25-14+,33-28+,34-29+. The second-order valence-corrected chi connectivity index (χ2v) is 8.87. The third kappa shape index (κ3) is 10.2. The maximum Gasteiger partial charge on any atom is -0.0248 e. The first kappa shape index (κ1) is 26.7. The summed E-state index contributed by atoms with van der Waals surface area (Å²) in [7, 11) is 0. The van der Waals surface area contributed by atoms with Crippen molar-refractivity contribution in [3.8, 4) is 0 Å². The smallest absolute Gasteiger partial charge is 0.0248 e. The molecular weight excluding hydrogens is 432 g/mol. The van der Waals surface area contributed by atoms with E-state index in [1.165, 1.54) is 33.4 Å². The highest BCUT2D eigenvalue weighted by molar-refractivity contribution is 5.63. The highest BCUT2D eigenvalue weighted by atomic mass is 14.0. The quantitative estimate of drug-likeness (QED) is 0.231. The molecule has 3 aromatic rings. The van der Waals surface area contributed by atoms with Gasteiger partial charge in [0.1, 0.15) is 0 Å². The van der Waals surface area contributed by atoms with E-state index in [9.17, 15) is 0 Å². The summed E-state index contributed by atoms with van der Waals surface area (Å²) in [6.45, 7) is 4.46. The average Bonchev–Trinajstić information content (AvgIpc) is 2.91. The summed E-state index contributed by atoms with van der Waals surface area (Å²) in [5.41, 5.74) is 7.61. The van der Waals surface area contributed by atoms with Crippen LogP contribution in [0.1, 0.15) is 61.8 Å². The van der Waals surface area contributed by atoms with Crippen molar-refractivity contribution in [2.45, 2.75) is 39.5 Å². The van der Waals surface area contributed by atoms with Gasteiger partial charge in [-0.2, -0.15) is 0 Å². The van der Waals surface area contributed by atoms with Crippen molar-refractivity contribution in [1.82, 2.24) is 0 Å². The number of hydrogen-bond donors (Lipinski definition) is 0. The second kappa shape index (κ2) is 15.9. The molecule has 3 rings (SSSR count). The molecule has 0 aliphatic rings. The zero-order valence-electron chi connectivity index (χ0n) is 21.7. The van der Waals surface area contributed by atoms with E-state index < -0.39 is 0 Å². The molecule has 36 heavy (non-hydrogen) atoms. The minimum Gasteiger partial charge on any atom is -0.0651 e. The number of rotatable bonds is 12. The van der Waals surface area contributed by atoms with E-state index in [1.54, 1.807) is 0 Å². The van der Waals surface area contributed by atoms with Crippen LogP contribution < -0.4 is 0 Å². The van der Waals surface area contributed by atoms with Crippen molar-refractivity contribution in [2.24, 2.45) is 0 Å². The molecule has 0 unspecified atom stereocenters. The van der Waals surface area contributed by atoms with Crippen molar-refractivity contribution in [1.29, 1.82) is 0 Å². The highest BCUT2D eigenvalue weighted by Gasteiger charge is 1.97. The van der Waals surface area contributed by atoms with Gasteiger partial charge < -0.3 is 0 Å². The molecule has 0 saturated heterocycles. The maximum atomic E-state index is 2.31. The molecule has 0 N–H and O–H groups in total. The van der Waals surface area contributed by atoms with Crippen molar-refractivity contribution >= 4 is 24.3 Å². The first-order valence-electron chi connectivity index (χ1n) is 13.1. The lowest BCUT2D eigenvalue weighted by Crippen LogP contribution is -1.83. The third-order valence-corrected chi connectivity index (χ3v) is 5.71. The van der Waals surface area contributed by atoms with Gasteiger partial charge in [-0.3, -0.25) is 0 Å². The number of benzene rings is 3. The summed E-state index contributed by atoms with van der Waals surface area (Å²) >= 11 is 0. The molecule has 0 nitrogen and oxygen atoms in total. The van der Waals surface area contributed by atoms with Gasteiger partial charge in [0, 0.05) is 0 Å². The van der Waals surface area contributed by atoms with E-state index >= 15 is 0 Å². The van der Waals surface area contributed by atoms with Crippen molar-refractivity contribution in [3.05, 3.63) is 155 Å². The summed E-state index contributed by atoms with van der Waals surface area (Å²) in [4.78, 5) is 0. The Morgan fingerprint density at radius 3 is 1.33 bits per heavy atom. The van der Waals surface area contributed by atoms with Gasteiger partial charge in [-0.1, -0.05) is 166 Å². The zero-order chi connectivity index (χ0) is 25.3. The van der Waals surface area contributed by atoms with Crippen LogP contribution >= 0.6 is 0 Å². The van der Waals surface area contributed by atoms with Crippen LogP contribution in [0, 0.1) is 0 Å². The minimum atomic E-state index is 1.06. The fraction of sp³-hybridized carbons (Fsp3) is 0.167. The second-order valence-electron chi connectivity index (χ2n) is 8.87. The largest absolute Gasteiger partial charge is 0.0651 e. The summed E-state index contributed by atoms with van der Waals surface area (Å²) in [6.07, 6.45) is 26.3. The van der Waals surface area contributed by atoms with Gasteiger partial charge in [-0.15, -0.1) is 0 Å². The topological polar surface area (TPSA) is 0 Å². The van der Waals surface area contributed by atoms with Gasteiger partial charge in [-0.25, -0.2) is 0 Å². The lowest BCUT2D eigenvalue weighted by atomic mass is 10.0. The fourth-order valence-electron chi connectivity index (χ4n) is 3.97. The molecule has 0 spiro atoms. The lowest BCUT2D eigenvalue weighted by Gasteiger charge is -2.04. The fourth-order valence-corrected chi connectivity index (χ4v) is 3.97. The Labute approximate surface area is 218 Å². The average molecular weight is 471 g/mol. The molecule has 3 aromatic carbocycles. The molecule has 0 aromatic heterocycles. The SMILES string of the molecule is CCCC(/C=C/C=C/c1ccccc1)=C\c1cccc(/C=C(/C=C/C=C/c2ccccc2)CCC)c1. The number of hydrogen-bond acceptors (Lipinski definition) is 0. The van der Waals surface area contributed by atoms with E-state index in [2.05, 4.69) is 147 Å². The molecule has 0 aliphatic carbocycles. The van der Waals surface area contributed by atoms with Crippen LogP contribution in [-0.2, 0) is 0 Å². The molecule has 0 heteroatoms. The van der Waals surface area contributed by atoms with E-state index in [-0.39, 0.29) is 0 Å². The molecule has 0 fully saturated rings. The van der Waals surface area contributed by atoms with Gasteiger partial charge in [0.05, 0.1) is 0 Å². The summed E-state index contributed by atoms with van der Waals surface area (Å²) in [5, 5.41) is 0. The van der Waals surface area contributed by atoms with Gasteiger partial charge in [0.2, 0.25) is 0 Å². The molecule has 0 amide bonds. The van der Waals surface area contributed by atoms with E-state index in [4.69, 9.17) is 0 Å². The molecule has 0 heterocycles. The predicted molar refractivity (Wildman–Crippen MR) is 161 cm³/mol. The van der Waals surface area contributed by atoms with Crippen molar-refractivity contribution in [2.75, 3.05) is 0 Å². The zero-order valence-corrected chi connectivity index (χ0v) is 21.7. The molecule has 0 bridgehead atoms. The Kier molecular flexibility index (Phi) is 11.8. The van der Waals surface area contributed by atoms with E-state index in [0.717, 1.165) is 25.7 Å². The molecule has 0 saturated carbocycles. The molecule has 0 aliphatic heterocycles. The Balaban J connectivity index is 1.73. The van der Waals surface area contributed by atoms with Gasteiger partial charge in [0.25, 0.3) is 0 Å². The van der Waals surface area contributed by atoms with Crippen LogP contribution in [0.2, 0.25) is 0 Å². The van der Waals surface area contributed by atoms with Gasteiger partial charge >= 0.3 is 0 Å². The molecule has 0 atom stereocenters. The Bertz CT molecular complexity index is 1120. The predicted octanol–water partition coefficient (Wildman–Crippen LogP) is 10.6. The summed E-state index contributed by atoms with van der Waals surface area (Å²) in [6, 6.07) is 29.7. The van der Waals surface area contributed by atoms with E-state index in [1.807, 2.05) is 12.1 Å². The maximum absolute atomic E-state index is 2.31. The van der Waals surface area contributed by atoms with Crippen LogP contribution in [0.4, 0.5) is 0 Å². The van der Waals surface area contributed by atoms with Crippen LogP contribution in [0.25, 0.3) is 24.3 Å². The summed E-state index contributed by atoms with van der Waals surface area (Å²) < 4.78 is 0. The van der Waals surface area contributed by atoms with Gasteiger partial charge in [-0.05, 0) is 52.3 Å². The first-order chi connectivity index (χ1) is 17.8. The van der Waals surface area contributed by atoms with Gasteiger partial charge in [0.15, 0.2) is 0 Å². The van der Waals surface area contributed by atoms with Crippen LogP contribution in [0.15, 0.2) is 133 Å². The minimum absolute atomic E-state index is 1.06. The van der Waals surface area contributed by atoms with Crippen LogP contribution in [-0.4, -0.2) is 0 Å². The van der Waals surface area contributed by atoms with Crippen LogP contribution in [0.3, 0.4) is 0 Å². The third-order valence-electron chi connectivity index (χ3n) is 5.71. The van der Waals surface area contributed by atoms with E-state index in [0.29, 0.717) is 0 Å². The molecule has 182 valence electrons. The Hall–Kier alpha value is -3.90. The van der Waals surface area contributed by atoms with Crippen molar-refractivity contribution in [3.63, 3.8) is 0 Å².